The lowest BCUT2D eigenvalue weighted by atomic mass is 10.3. The lowest BCUT2D eigenvalue weighted by Crippen LogP contribution is -1.98. The topological polar surface area (TPSA) is 46.8 Å². The summed E-state index contributed by atoms with van der Waals surface area (Å²) in [4.78, 5) is 2.98. The third-order valence-electron chi connectivity index (χ3n) is 2.81. The Morgan fingerprint density at radius 3 is 2.95 bits per heavy atom. The van der Waals surface area contributed by atoms with E-state index in [-0.39, 0.29) is 5.82 Å². The predicted octanol–water partition coefficient (Wildman–Crippen LogP) is 3.95. The van der Waals surface area contributed by atoms with Crippen molar-refractivity contribution >= 4 is 39.2 Å². The van der Waals surface area contributed by atoms with Crippen molar-refractivity contribution in [2.24, 2.45) is 0 Å². The molecule has 0 saturated carbocycles. The van der Waals surface area contributed by atoms with Crippen molar-refractivity contribution in [3.63, 3.8) is 0 Å². The van der Waals surface area contributed by atoms with Gasteiger partial charge in [0.25, 0.3) is 0 Å². The first-order valence-corrected chi connectivity index (χ1v) is 6.74. The molecule has 4 nitrogen and oxygen atoms in total. The fraction of sp³-hybridized carbons (Fsp3) is 0.167. The van der Waals surface area contributed by atoms with Crippen molar-refractivity contribution < 1.29 is 8.91 Å². The van der Waals surface area contributed by atoms with Crippen molar-refractivity contribution in [1.29, 1.82) is 0 Å². The summed E-state index contributed by atoms with van der Waals surface area (Å²) >= 11 is 8.43. The first-order valence-electron chi connectivity index (χ1n) is 5.54. The van der Waals surface area contributed by atoms with E-state index in [1.54, 1.807) is 6.07 Å². The lowest BCUT2D eigenvalue weighted by molar-refractivity contribution is 0.373. The molecule has 2 aromatic heterocycles. The lowest BCUT2D eigenvalue weighted by Gasteiger charge is -2.02. The zero-order valence-electron chi connectivity index (χ0n) is 9.91. The fourth-order valence-corrected chi connectivity index (χ4v) is 2.56. The van der Waals surface area contributed by atoms with Crippen LogP contribution in [-0.2, 0) is 6.54 Å². The van der Waals surface area contributed by atoms with Crippen LogP contribution >= 0.6 is 28.1 Å². The first kappa shape index (κ1) is 12.6. The van der Waals surface area contributed by atoms with Gasteiger partial charge in [-0.3, -0.25) is 0 Å². The maximum Gasteiger partial charge on any atom is 0.178 e. The van der Waals surface area contributed by atoms with E-state index in [9.17, 15) is 4.39 Å². The summed E-state index contributed by atoms with van der Waals surface area (Å²) in [5.74, 6) is 0.376. The van der Waals surface area contributed by atoms with Gasteiger partial charge in [0.15, 0.2) is 10.5 Å². The molecule has 1 N–H and O–H groups in total. The predicted molar refractivity (Wildman–Crippen MR) is 75.1 cm³/mol. The van der Waals surface area contributed by atoms with E-state index in [1.165, 1.54) is 6.07 Å². The Bertz CT molecular complexity index is 820. The van der Waals surface area contributed by atoms with Crippen molar-refractivity contribution in [3.8, 4) is 0 Å². The molecule has 7 heteroatoms. The Morgan fingerprint density at radius 2 is 2.26 bits per heavy atom. The molecule has 0 bridgehead atoms. The number of rotatable bonds is 2. The Kier molecular flexibility index (Phi) is 3.02. The van der Waals surface area contributed by atoms with Gasteiger partial charge in [-0.2, -0.15) is 0 Å². The number of nitrogens with one attached hydrogen (secondary N) is 1. The molecule has 0 aliphatic heterocycles. The molecule has 0 aliphatic carbocycles. The van der Waals surface area contributed by atoms with Gasteiger partial charge in [-0.15, -0.1) is 0 Å². The largest absolute Gasteiger partial charge is 0.359 e. The molecule has 1 aromatic carbocycles. The Labute approximate surface area is 121 Å². The molecule has 0 fully saturated rings. The zero-order chi connectivity index (χ0) is 13.6. The number of hydrogen-bond acceptors (Lipinski definition) is 3. The van der Waals surface area contributed by atoms with Gasteiger partial charge in [0, 0.05) is 12.1 Å². The normalized spacial score (nSPS) is 11.3. The van der Waals surface area contributed by atoms with Gasteiger partial charge in [-0.1, -0.05) is 5.16 Å². The van der Waals surface area contributed by atoms with Gasteiger partial charge < -0.3 is 14.1 Å². The van der Waals surface area contributed by atoms with E-state index >= 15 is 0 Å². The van der Waals surface area contributed by atoms with Crippen LogP contribution in [0.1, 0.15) is 11.5 Å². The Balaban J connectivity index is 2.15. The number of halogens is 2. The average Bonchev–Trinajstić information content (AvgIpc) is 2.87. The highest BCUT2D eigenvalue weighted by Crippen LogP contribution is 2.24. The smallest absolute Gasteiger partial charge is 0.178 e. The third-order valence-corrected chi connectivity index (χ3v) is 3.74. The number of aryl methyl sites for hydroxylation is 1. The van der Waals surface area contributed by atoms with Crippen LogP contribution in [0.5, 0.6) is 0 Å². The second kappa shape index (κ2) is 4.57. The molecule has 3 aromatic rings. The van der Waals surface area contributed by atoms with Gasteiger partial charge in [-0.05, 0) is 41.1 Å². The van der Waals surface area contributed by atoms with E-state index in [2.05, 4.69) is 26.1 Å². The summed E-state index contributed by atoms with van der Waals surface area (Å²) in [5.41, 5.74) is 2.28. The summed E-state index contributed by atoms with van der Waals surface area (Å²) in [7, 11) is 0. The molecule has 0 unspecified atom stereocenters. The number of benzene rings is 1. The van der Waals surface area contributed by atoms with Gasteiger partial charge in [0.2, 0.25) is 0 Å². The highest BCUT2D eigenvalue weighted by atomic mass is 79.9. The first-order chi connectivity index (χ1) is 9.04. The minimum absolute atomic E-state index is 0.327. The zero-order valence-corrected chi connectivity index (χ0v) is 12.3. The average molecular weight is 342 g/mol. The molecular weight excluding hydrogens is 333 g/mol. The van der Waals surface area contributed by atoms with E-state index in [1.807, 2.05) is 17.6 Å². The molecule has 98 valence electrons. The maximum absolute atomic E-state index is 13.5. The van der Waals surface area contributed by atoms with Crippen LogP contribution in [0.2, 0.25) is 0 Å². The standard InChI is InChI=1S/C12H9BrFN3OS/c1-6-2-7(18-16-6)5-17-11-3-8(13)9(14)4-10(11)15-12(17)19/h2-4H,5H2,1H3,(H,15,19). The van der Waals surface area contributed by atoms with Crippen LogP contribution in [0.15, 0.2) is 27.2 Å². The van der Waals surface area contributed by atoms with Crippen molar-refractivity contribution in [1.82, 2.24) is 14.7 Å². The number of H-pyrrole nitrogens is 1. The van der Waals surface area contributed by atoms with Crippen molar-refractivity contribution in [3.05, 3.63) is 44.7 Å². The van der Waals surface area contributed by atoms with Gasteiger partial charge in [0.05, 0.1) is 27.7 Å². The van der Waals surface area contributed by atoms with Gasteiger partial charge in [0.1, 0.15) is 5.82 Å². The fourth-order valence-electron chi connectivity index (χ4n) is 1.96. The van der Waals surface area contributed by atoms with Gasteiger partial charge >= 0.3 is 0 Å². The van der Waals surface area contributed by atoms with Crippen molar-refractivity contribution in [2.75, 3.05) is 0 Å². The Hall–Kier alpha value is -1.47. The molecule has 0 spiro atoms. The minimum Gasteiger partial charge on any atom is -0.359 e. The number of nitrogens with zero attached hydrogens (tertiary/aromatic N) is 2. The summed E-state index contributed by atoms with van der Waals surface area (Å²) in [5, 5.41) is 3.84. The minimum atomic E-state index is -0.327. The third kappa shape index (κ3) is 2.23. The second-order valence-electron chi connectivity index (χ2n) is 4.23. The van der Waals surface area contributed by atoms with Crippen molar-refractivity contribution in [2.45, 2.75) is 13.5 Å². The van der Waals surface area contributed by atoms with E-state index < -0.39 is 0 Å². The molecule has 19 heavy (non-hydrogen) atoms. The SMILES string of the molecule is Cc1cc(Cn2c(=S)[nH]c3cc(F)c(Br)cc32)on1. The molecular formula is C12H9BrFN3OS. The number of fused-ring (bicyclic) bond motifs is 1. The van der Waals surface area contributed by atoms with Crippen LogP contribution in [0.25, 0.3) is 11.0 Å². The number of hydrogen-bond donors (Lipinski definition) is 1. The van der Waals surface area contributed by atoms with Gasteiger partial charge in [-0.25, -0.2) is 4.39 Å². The van der Waals surface area contributed by atoms with Crippen LogP contribution in [0.3, 0.4) is 0 Å². The molecule has 0 amide bonds. The number of aromatic amines is 1. The van der Waals surface area contributed by atoms with Crippen LogP contribution in [-0.4, -0.2) is 14.7 Å². The molecule has 3 rings (SSSR count). The molecule has 0 aliphatic rings. The summed E-state index contributed by atoms with van der Waals surface area (Å²) < 4.78 is 21.4. The van der Waals surface area contributed by atoms with Crippen LogP contribution in [0, 0.1) is 17.5 Å². The summed E-state index contributed by atoms with van der Waals surface area (Å²) in [6.07, 6.45) is 0. The van der Waals surface area contributed by atoms with Crippen LogP contribution in [0.4, 0.5) is 4.39 Å². The highest BCUT2D eigenvalue weighted by molar-refractivity contribution is 9.10. The van der Waals surface area contributed by atoms with Crippen LogP contribution < -0.4 is 0 Å². The summed E-state index contributed by atoms with van der Waals surface area (Å²) in [6.45, 7) is 2.31. The van der Waals surface area contributed by atoms with E-state index in [0.717, 1.165) is 11.2 Å². The molecule has 0 atom stereocenters. The Morgan fingerprint density at radius 1 is 1.47 bits per heavy atom. The number of aromatic nitrogens is 3. The molecule has 0 saturated heterocycles. The second-order valence-corrected chi connectivity index (χ2v) is 5.48. The molecule has 0 radical (unpaired) electrons. The van der Waals surface area contributed by atoms with E-state index in [4.69, 9.17) is 16.7 Å². The van der Waals surface area contributed by atoms with E-state index in [0.29, 0.717) is 27.1 Å². The maximum atomic E-state index is 13.5. The monoisotopic (exact) mass is 341 g/mol. The molecule has 2 heterocycles. The summed E-state index contributed by atoms with van der Waals surface area (Å²) in [6, 6.07) is 4.96. The number of imidazole rings is 1. The quantitative estimate of drug-likeness (QED) is 0.718. The highest BCUT2D eigenvalue weighted by Gasteiger charge is 2.11.